The Kier molecular flexibility index (Phi) is 62.3. The molecule has 0 aliphatic carbocycles. The van der Waals surface area contributed by atoms with Gasteiger partial charge in [0, 0.05) is 12.8 Å². The highest BCUT2D eigenvalue weighted by Gasteiger charge is 2.25. The third-order valence-electron chi connectivity index (χ3n) is 14.7. The lowest BCUT2D eigenvalue weighted by Gasteiger charge is -2.25. The highest BCUT2D eigenvalue weighted by Crippen LogP contribution is 2.17. The fourth-order valence-corrected chi connectivity index (χ4v) is 9.41. The van der Waals surface area contributed by atoms with Gasteiger partial charge in [0.2, 0.25) is 0 Å². The number of hydrogen-bond acceptors (Lipinski definition) is 7. The second kappa shape index (κ2) is 65.7. The Bertz CT molecular complexity index is 1810. The molecule has 0 fully saturated rings. The van der Waals surface area contributed by atoms with E-state index in [1.807, 2.05) is 21.1 Å². The minimum atomic E-state index is -1.52. The van der Waals surface area contributed by atoms with E-state index < -0.39 is 24.3 Å². The quantitative estimate of drug-likeness (QED) is 0.0211. The summed E-state index contributed by atoms with van der Waals surface area (Å²) in [5.74, 6) is -2.01. The summed E-state index contributed by atoms with van der Waals surface area (Å²) < 4.78 is 23.0. The molecule has 9 nitrogen and oxygen atoms in total. The normalized spacial score (nSPS) is 13.5. The molecular weight excluding hydrogens is 1050 g/mol. The molecule has 486 valence electrons. The van der Waals surface area contributed by atoms with Crippen LogP contribution in [0.4, 0.5) is 0 Å². The van der Waals surface area contributed by atoms with E-state index >= 15 is 0 Å². The number of carbonyl (C=O) groups excluding carboxylic acids is 2. The summed E-state index contributed by atoms with van der Waals surface area (Å²) in [6.45, 7) is 4.76. The summed E-state index contributed by atoms with van der Waals surface area (Å²) in [5.41, 5.74) is 0. The van der Waals surface area contributed by atoms with Crippen molar-refractivity contribution in [3.63, 3.8) is 0 Å². The topological polar surface area (TPSA) is 108 Å². The van der Waals surface area contributed by atoms with Crippen LogP contribution in [-0.4, -0.2) is 87.4 Å². The van der Waals surface area contributed by atoms with E-state index in [1.54, 1.807) is 0 Å². The lowest BCUT2D eigenvalue weighted by molar-refractivity contribution is -0.870. The molecule has 0 radical (unpaired) electrons. The van der Waals surface area contributed by atoms with Crippen molar-refractivity contribution in [2.24, 2.45) is 0 Å². The average Bonchev–Trinajstić information content (AvgIpc) is 3.49. The number of carboxylic acid groups (broad SMARTS) is 1. The number of unbranched alkanes of at least 4 members (excludes halogenated alkanes) is 28. The smallest absolute Gasteiger partial charge is 0.361 e. The number of rotatable bonds is 63. The van der Waals surface area contributed by atoms with Crippen LogP contribution in [0.3, 0.4) is 0 Å². The van der Waals surface area contributed by atoms with Crippen molar-refractivity contribution in [3.8, 4) is 0 Å². The molecular formula is C76H130NO8+. The molecule has 0 aromatic rings. The molecule has 0 amide bonds. The Morgan fingerprint density at radius 2 is 0.671 bits per heavy atom. The maximum atomic E-state index is 12.9. The van der Waals surface area contributed by atoms with Crippen LogP contribution in [0.2, 0.25) is 0 Å². The highest BCUT2D eigenvalue weighted by atomic mass is 16.7. The van der Waals surface area contributed by atoms with Gasteiger partial charge >= 0.3 is 17.9 Å². The molecule has 2 atom stereocenters. The van der Waals surface area contributed by atoms with Gasteiger partial charge in [0.25, 0.3) is 6.29 Å². The molecule has 0 bridgehead atoms. The molecule has 0 rings (SSSR count). The SMILES string of the molecule is CC/C=C\C/C=C\C/C=C\C/C=C\C/C=C\C/C=C\C/C=C\C/C=C\CCCCCCCCCCCCCCCCC(=O)OC(COC(=O)CCCCCCCCCCC/C=C\C/C=C\CCCCCCC)COC(OCC[N+](C)(C)C)C(=O)O. The number of esters is 2. The maximum Gasteiger partial charge on any atom is 0.361 e. The van der Waals surface area contributed by atoms with E-state index in [4.69, 9.17) is 18.9 Å². The van der Waals surface area contributed by atoms with Gasteiger partial charge in [0.1, 0.15) is 13.2 Å². The zero-order chi connectivity index (χ0) is 61.9. The lowest BCUT2D eigenvalue weighted by atomic mass is 10.0. The van der Waals surface area contributed by atoms with Gasteiger partial charge in [0.15, 0.2) is 6.10 Å². The van der Waals surface area contributed by atoms with Crippen LogP contribution < -0.4 is 0 Å². The summed E-state index contributed by atoms with van der Waals surface area (Å²) >= 11 is 0. The van der Waals surface area contributed by atoms with Crippen molar-refractivity contribution in [2.45, 2.75) is 296 Å². The van der Waals surface area contributed by atoms with Gasteiger partial charge in [0.05, 0.1) is 34.4 Å². The summed E-state index contributed by atoms with van der Waals surface area (Å²) in [5, 5.41) is 9.74. The number of allylic oxidation sites excluding steroid dienone is 20. The summed E-state index contributed by atoms with van der Waals surface area (Å²) in [6.07, 6.45) is 90.2. The minimum Gasteiger partial charge on any atom is -0.477 e. The van der Waals surface area contributed by atoms with Gasteiger partial charge in [-0.2, -0.15) is 0 Å². The van der Waals surface area contributed by atoms with Crippen LogP contribution in [-0.2, 0) is 33.3 Å². The first-order valence-corrected chi connectivity index (χ1v) is 34.7. The number of quaternary nitrogens is 1. The number of ether oxygens (including phenoxy) is 4. The molecule has 0 aromatic carbocycles. The molecule has 0 aliphatic heterocycles. The fraction of sp³-hybridized carbons (Fsp3) is 0.697. The first kappa shape index (κ1) is 80.7. The first-order valence-electron chi connectivity index (χ1n) is 34.7. The van der Waals surface area contributed by atoms with Crippen molar-refractivity contribution in [1.82, 2.24) is 0 Å². The number of hydrogen-bond donors (Lipinski definition) is 1. The zero-order valence-corrected chi connectivity index (χ0v) is 55.5. The fourth-order valence-electron chi connectivity index (χ4n) is 9.41. The van der Waals surface area contributed by atoms with Crippen LogP contribution >= 0.6 is 0 Å². The minimum absolute atomic E-state index is 0.183. The Labute approximate surface area is 523 Å². The molecule has 0 aliphatic rings. The molecule has 0 saturated heterocycles. The van der Waals surface area contributed by atoms with E-state index in [1.165, 1.54) is 154 Å². The van der Waals surface area contributed by atoms with Crippen molar-refractivity contribution in [1.29, 1.82) is 0 Å². The second-order valence-corrected chi connectivity index (χ2v) is 24.1. The zero-order valence-electron chi connectivity index (χ0n) is 55.5. The predicted octanol–water partition coefficient (Wildman–Crippen LogP) is 21.6. The van der Waals surface area contributed by atoms with Gasteiger partial charge in [-0.15, -0.1) is 0 Å². The third kappa shape index (κ3) is 67.1. The summed E-state index contributed by atoms with van der Waals surface area (Å²) in [7, 11) is 5.97. The Morgan fingerprint density at radius 1 is 0.365 bits per heavy atom. The first-order chi connectivity index (χ1) is 41.6. The molecule has 0 aromatic heterocycles. The van der Waals surface area contributed by atoms with Crippen LogP contribution in [0, 0.1) is 0 Å². The molecule has 85 heavy (non-hydrogen) atoms. The standard InChI is InChI=1S/C76H129NO8/c1-6-8-10-12-14-16-18-20-22-24-26-28-29-30-31-32-33-34-35-36-37-38-39-40-41-42-43-44-45-47-49-51-53-55-57-59-61-63-65-67-74(79)85-72(71-84-76(75(80)81)82-69-68-77(3,4)5)70-83-73(78)66-64-62-60-58-56-54-52-50-48-46-27-25-23-21-19-17-15-13-11-9-7-2/h8,10,14,16,19-22,25-28,30-31,33-34,36-37,39-40,72,76H,6-7,9,11-13,15,17-18,23-24,29,32,35,38,41-71H2,1-5H3/p+1/b10-8-,16-14-,21-19-,22-20-,27-25-,28-26-,31-30-,34-33-,37-36-,40-39-. The van der Waals surface area contributed by atoms with Gasteiger partial charge in [-0.25, -0.2) is 4.79 Å². The third-order valence-corrected chi connectivity index (χ3v) is 14.7. The number of carboxylic acids is 1. The van der Waals surface area contributed by atoms with E-state index in [0.717, 1.165) is 96.3 Å². The second-order valence-electron chi connectivity index (χ2n) is 24.1. The number of aliphatic carboxylic acids is 1. The molecule has 0 saturated carbocycles. The maximum absolute atomic E-state index is 12.9. The van der Waals surface area contributed by atoms with E-state index in [0.29, 0.717) is 23.9 Å². The molecule has 0 spiro atoms. The van der Waals surface area contributed by atoms with Crippen LogP contribution in [0.5, 0.6) is 0 Å². The van der Waals surface area contributed by atoms with Gasteiger partial charge in [-0.1, -0.05) is 283 Å². The van der Waals surface area contributed by atoms with Crippen LogP contribution in [0.25, 0.3) is 0 Å². The molecule has 1 N–H and O–H groups in total. The average molecular weight is 1190 g/mol. The van der Waals surface area contributed by atoms with Crippen molar-refractivity contribution < 1.29 is 42.9 Å². The lowest BCUT2D eigenvalue weighted by Crippen LogP contribution is -2.40. The molecule has 2 unspecified atom stereocenters. The predicted molar refractivity (Wildman–Crippen MR) is 364 cm³/mol. The Balaban J connectivity index is 4.11. The van der Waals surface area contributed by atoms with E-state index in [2.05, 4.69) is 135 Å². The molecule has 0 heterocycles. The number of likely N-dealkylation sites (N-methyl/N-ethyl adjacent to an activating group) is 1. The van der Waals surface area contributed by atoms with E-state index in [-0.39, 0.29) is 32.2 Å². The van der Waals surface area contributed by atoms with Gasteiger partial charge < -0.3 is 28.5 Å². The Morgan fingerprint density at radius 3 is 1.00 bits per heavy atom. The summed E-state index contributed by atoms with van der Waals surface area (Å²) in [4.78, 5) is 37.6. The largest absolute Gasteiger partial charge is 0.477 e. The van der Waals surface area contributed by atoms with Crippen molar-refractivity contribution >= 4 is 17.9 Å². The Hall–Kier alpha value is -4.31. The van der Waals surface area contributed by atoms with Gasteiger partial charge in [-0.05, 0) is 109 Å². The van der Waals surface area contributed by atoms with Crippen molar-refractivity contribution in [3.05, 3.63) is 122 Å². The number of nitrogens with zero attached hydrogens (tertiary/aromatic N) is 1. The van der Waals surface area contributed by atoms with Gasteiger partial charge in [-0.3, -0.25) is 9.59 Å². The number of carbonyl (C=O) groups is 3. The molecule has 9 heteroatoms. The monoisotopic (exact) mass is 1180 g/mol. The summed E-state index contributed by atoms with van der Waals surface area (Å²) in [6, 6.07) is 0. The van der Waals surface area contributed by atoms with Crippen molar-refractivity contribution in [2.75, 3.05) is 47.5 Å². The van der Waals surface area contributed by atoms with Crippen LogP contribution in [0.1, 0.15) is 284 Å². The van der Waals surface area contributed by atoms with Crippen LogP contribution in [0.15, 0.2) is 122 Å². The highest BCUT2D eigenvalue weighted by molar-refractivity contribution is 5.71. The van der Waals surface area contributed by atoms with E-state index in [9.17, 15) is 19.5 Å².